The zero-order chi connectivity index (χ0) is 18.1. The van der Waals surface area contributed by atoms with Crippen molar-refractivity contribution in [2.75, 3.05) is 7.11 Å². The fourth-order valence-electron chi connectivity index (χ4n) is 2.55. The van der Waals surface area contributed by atoms with Crippen LogP contribution in [-0.4, -0.2) is 38.0 Å². The van der Waals surface area contributed by atoms with Crippen LogP contribution in [0.1, 0.15) is 11.1 Å². The van der Waals surface area contributed by atoms with E-state index in [-0.39, 0.29) is 0 Å². The van der Waals surface area contributed by atoms with Crippen LogP contribution >= 0.6 is 0 Å². The van der Waals surface area contributed by atoms with Crippen LogP contribution in [-0.2, 0) is 12.8 Å². The molecule has 0 aliphatic heterocycles. The van der Waals surface area contributed by atoms with Crippen LogP contribution in [0.4, 0.5) is 4.79 Å². The summed E-state index contributed by atoms with van der Waals surface area (Å²) >= 11 is 0. The Morgan fingerprint density at radius 1 is 1.16 bits per heavy atom. The summed E-state index contributed by atoms with van der Waals surface area (Å²) in [5, 5.41) is 13.0. The third-order valence-electron chi connectivity index (χ3n) is 3.88. The fraction of sp³-hybridized carbons (Fsp3) is 0.250. The highest BCUT2D eigenvalue weighted by Gasteiger charge is 2.17. The summed E-state index contributed by atoms with van der Waals surface area (Å²) in [4.78, 5) is 11.2. The number of allylic oxidation sites excluding steroid dienone is 1. The van der Waals surface area contributed by atoms with Crippen molar-refractivity contribution in [3.05, 3.63) is 77.9 Å². The first-order valence-corrected chi connectivity index (χ1v) is 8.16. The lowest BCUT2D eigenvalue weighted by Gasteiger charge is -2.22. The Morgan fingerprint density at radius 3 is 2.44 bits per heavy atom. The van der Waals surface area contributed by atoms with Gasteiger partial charge in [-0.2, -0.15) is 0 Å². The van der Waals surface area contributed by atoms with Gasteiger partial charge in [0.2, 0.25) is 7.85 Å². The van der Waals surface area contributed by atoms with Gasteiger partial charge in [0, 0.05) is 0 Å². The van der Waals surface area contributed by atoms with Crippen molar-refractivity contribution in [2.45, 2.75) is 25.0 Å². The number of rotatable bonds is 8. The second-order valence-corrected chi connectivity index (χ2v) is 5.78. The van der Waals surface area contributed by atoms with Gasteiger partial charge >= 0.3 is 0 Å². The van der Waals surface area contributed by atoms with E-state index in [0.29, 0.717) is 12.8 Å². The first-order chi connectivity index (χ1) is 12.1. The predicted molar refractivity (Wildman–Crippen MR) is 100 cm³/mol. The smallest absolute Gasteiger partial charge is 0.200 e. The molecule has 1 amide bonds. The monoisotopic (exact) mass is 335 g/mol. The van der Waals surface area contributed by atoms with E-state index in [1.54, 1.807) is 13.2 Å². The highest BCUT2D eigenvalue weighted by molar-refractivity contribution is 6.57. The van der Waals surface area contributed by atoms with Crippen molar-refractivity contribution in [3.8, 4) is 5.75 Å². The number of carbonyl (C=O) groups is 1. The van der Waals surface area contributed by atoms with E-state index in [0.717, 1.165) is 16.9 Å². The third kappa shape index (κ3) is 6.47. The van der Waals surface area contributed by atoms with Crippen molar-refractivity contribution >= 4 is 13.7 Å². The first kappa shape index (κ1) is 18.8. The van der Waals surface area contributed by atoms with Crippen LogP contribution in [0.2, 0.25) is 0 Å². The van der Waals surface area contributed by atoms with Crippen LogP contribution in [0.15, 0.2) is 66.7 Å². The summed E-state index contributed by atoms with van der Waals surface area (Å²) in [6.07, 6.45) is 3.92. The van der Waals surface area contributed by atoms with Crippen molar-refractivity contribution in [1.82, 2.24) is 5.32 Å². The molecule has 0 aliphatic carbocycles. The molecule has 2 radical (unpaired) electrons. The molecule has 0 aliphatic rings. The molecule has 25 heavy (non-hydrogen) atoms. The molecular weight excluding hydrogens is 313 g/mol. The number of carbonyl (C=O) groups excluding carboxylic acids is 1. The Labute approximate surface area is 149 Å². The van der Waals surface area contributed by atoms with E-state index in [9.17, 15) is 9.90 Å². The van der Waals surface area contributed by atoms with Gasteiger partial charge in [-0.3, -0.25) is 4.79 Å². The zero-order valence-electron chi connectivity index (χ0n) is 14.3. The van der Waals surface area contributed by atoms with E-state index in [1.807, 2.05) is 60.7 Å². The van der Waals surface area contributed by atoms with Crippen LogP contribution in [0, 0.1) is 0 Å². The Hall–Kier alpha value is -2.53. The fourth-order valence-corrected chi connectivity index (χ4v) is 2.55. The zero-order valence-corrected chi connectivity index (χ0v) is 14.3. The minimum Gasteiger partial charge on any atom is -0.497 e. The number of hydrogen-bond donors (Lipinski definition) is 2. The number of aliphatic hydroxyl groups excluding tert-OH is 1. The molecule has 2 aromatic rings. The molecule has 2 aromatic carbocycles. The second-order valence-electron chi connectivity index (χ2n) is 5.78. The third-order valence-corrected chi connectivity index (χ3v) is 3.88. The summed E-state index contributed by atoms with van der Waals surface area (Å²) in [5.41, 5.74) is 2.12. The largest absolute Gasteiger partial charge is 0.497 e. The molecule has 2 atom stereocenters. The molecule has 2 N–H and O–H groups in total. The number of ether oxygens (including phenoxy) is 1. The number of amides is 1. The molecule has 128 valence electrons. The van der Waals surface area contributed by atoms with Gasteiger partial charge in [0.15, 0.2) is 5.81 Å². The predicted octanol–water partition coefficient (Wildman–Crippen LogP) is 2.64. The molecule has 0 heterocycles. The topological polar surface area (TPSA) is 58.6 Å². The Bertz CT molecular complexity index is 686. The molecule has 0 saturated heterocycles. The summed E-state index contributed by atoms with van der Waals surface area (Å²) in [6, 6.07) is 16.9. The molecule has 5 heteroatoms. The first-order valence-electron chi connectivity index (χ1n) is 8.16. The van der Waals surface area contributed by atoms with Crippen molar-refractivity contribution in [1.29, 1.82) is 0 Å². The van der Waals surface area contributed by atoms with Gasteiger partial charge in [-0.1, -0.05) is 54.6 Å². The van der Waals surface area contributed by atoms with Crippen LogP contribution in [0.25, 0.3) is 0 Å². The van der Waals surface area contributed by atoms with Crippen LogP contribution in [0.3, 0.4) is 0 Å². The lowest BCUT2D eigenvalue weighted by molar-refractivity contribution is 0.173. The van der Waals surface area contributed by atoms with Gasteiger partial charge in [0.25, 0.3) is 0 Å². The van der Waals surface area contributed by atoms with Crippen molar-refractivity contribution in [2.24, 2.45) is 0 Å². The number of benzene rings is 2. The average Bonchev–Trinajstić information content (AvgIpc) is 2.62. The molecule has 0 bridgehead atoms. The van der Waals surface area contributed by atoms with Gasteiger partial charge in [0.05, 0.1) is 19.3 Å². The minimum absolute atomic E-state index is 0.480. The maximum Gasteiger partial charge on any atom is 0.200 e. The molecular formula is C20H22BNO3. The molecule has 4 nitrogen and oxygen atoms in total. The summed E-state index contributed by atoms with van der Waals surface area (Å²) in [7, 11) is 6.86. The van der Waals surface area contributed by atoms with E-state index in [2.05, 4.69) is 5.32 Å². The lowest BCUT2D eigenvalue weighted by Crippen LogP contribution is -2.43. The van der Waals surface area contributed by atoms with Crippen LogP contribution in [0.5, 0.6) is 5.75 Å². The molecule has 0 aromatic heterocycles. The van der Waals surface area contributed by atoms with Gasteiger partial charge in [-0.05, 0) is 36.1 Å². The Morgan fingerprint density at radius 2 is 1.84 bits per heavy atom. The van der Waals surface area contributed by atoms with Gasteiger partial charge in [-0.25, -0.2) is 0 Å². The number of aliphatic hydroxyl groups is 1. The number of hydrogen-bond acceptors (Lipinski definition) is 3. The average molecular weight is 335 g/mol. The van der Waals surface area contributed by atoms with Crippen molar-refractivity contribution < 1.29 is 14.6 Å². The molecule has 2 rings (SSSR count). The van der Waals surface area contributed by atoms with Gasteiger partial charge in [0.1, 0.15) is 5.75 Å². The molecule has 0 fully saturated rings. The maximum atomic E-state index is 11.2. The van der Waals surface area contributed by atoms with E-state index in [1.165, 1.54) is 0 Å². The lowest BCUT2D eigenvalue weighted by atomic mass is 9.98. The standard InChI is InChI=1S/C20H22BNO3/c1-25-17-12-10-15(11-13-17)8-5-9-19(23)18(22-20(21)24)14-16-6-3-2-4-7-16/h2-7,9-13,18-19,23H,8,14H2,1H3,(H,22,24)/b9-5+/t18-,19-/m1/s1. The quantitative estimate of drug-likeness (QED) is 0.576. The van der Waals surface area contributed by atoms with Crippen molar-refractivity contribution in [3.63, 3.8) is 0 Å². The normalized spacial score (nSPS) is 13.4. The van der Waals surface area contributed by atoms with E-state index >= 15 is 0 Å². The summed E-state index contributed by atoms with van der Waals surface area (Å²) < 4.78 is 5.13. The molecule has 0 saturated carbocycles. The maximum absolute atomic E-state index is 11.2. The second kappa shape index (κ2) is 9.69. The van der Waals surface area contributed by atoms with E-state index < -0.39 is 18.0 Å². The highest BCUT2D eigenvalue weighted by Crippen LogP contribution is 2.12. The molecule has 0 unspecified atom stereocenters. The highest BCUT2D eigenvalue weighted by atomic mass is 16.5. The Balaban J connectivity index is 1.97. The van der Waals surface area contributed by atoms with Crippen LogP contribution < -0.4 is 10.1 Å². The Kier molecular flexibility index (Phi) is 7.29. The van der Waals surface area contributed by atoms with Gasteiger partial charge < -0.3 is 15.2 Å². The number of methoxy groups -OCH3 is 1. The van der Waals surface area contributed by atoms with Gasteiger partial charge in [-0.15, -0.1) is 0 Å². The summed E-state index contributed by atoms with van der Waals surface area (Å²) in [6.45, 7) is 0. The van der Waals surface area contributed by atoms with E-state index in [4.69, 9.17) is 12.6 Å². The summed E-state index contributed by atoms with van der Waals surface area (Å²) in [5.74, 6) is 0.157. The minimum atomic E-state index is -0.828. The number of nitrogens with one attached hydrogen (secondary N) is 1. The molecule has 0 spiro atoms. The SMILES string of the molecule is [B]C(=O)N[C@H](Cc1ccccc1)[C@H](O)/C=C/Cc1ccc(OC)cc1.